The number of hydrogen-bond acceptors (Lipinski definition) is 8. The van der Waals surface area contributed by atoms with Gasteiger partial charge in [-0.3, -0.25) is 0 Å². The minimum atomic E-state index is -3.76. The fourth-order valence-electron chi connectivity index (χ4n) is 1.91. The van der Waals surface area contributed by atoms with E-state index in [1.807, 2.05) is 0 Å². The number of nitrogens with one attached hydrogen (secondary N) is 1. The Labute approximate surface area is 152 Å². The zero-order valence-electron chi connectivity index (χ0n) is 15.2. The monoisotopic (exact) mass is 388 g/mol. The maximum atomic E-state index is 12.3. The Hall–Kier alpha value is -2.17. The number of nitrogens with zero attached hydrogens (tertiary/aromatic N) is 1. The van der Waals surface area contributed by atoms with Crippen molar-refractivity contribution >= 4 is 27.6 Å². The van der Waals surface area contributed by atoms with E-state index in [9.17, 15) is 18.0 Å². The van der Waals surface area contributed by atoms with Gasteiger partial charge in [0.1, 0.15) is 0 Å². The maximum Gasteiger partial charge on any atom is 0.344 e. The summed E-state index contributed by atoms with van der Waals surface area (Å²) in [6.45, 7) is 2.68. The highest BCUT2D eigenvalue weighted by atomic mass is 32.2. The molecule has 0 unspecified atom stereocenters. The predicted molar refractivity (Wildman–Crippen MR) is 94.4 cm³/mol. The van der Waals surface area contributed by atoms with Crippen LogP contribution in [0.4, 0.5) is 5.69 Å². The molecule has 0 fully saturated rings. The second kappa shape index (κ2) is 9.51. The van der Waals surface area contributed by atoms with Crippen molar-refractivity contribution < 1.29 is 32.6 Å². The normalized spacial score (nSPS) is 11.5. The van der Waals surface area contributed by atoms with Crippen molar-refractivity contribution in [3.8, 4) is 0 Å². The van der Waals surface area contributed by atoms with E-state index in [1.165, 1.54) is 26.2 Å². The second-order valence-electron chi connectivity index (χ2n) is 5.76. The summed E-state index contributed by atoms with van der Waals surface area (Å²) in [4.78, 5) is 23.7. The summed E-state index contributed by atoms with van der Waals surface area (Å²) in [6.07, 6.45) is -0.350. The van der Waals surface area contributed by atoms with Crippen LogP contribution in [-0.2, 0) is 24.3 Å². The van der Waals surface area contributed by atoms with Crippen molar-refractivity contribution in [1.82, 2.24) is 4.31 Å². The van der Waals surface area contributed by atoms with Crippen LogP contribution in [0.3, 0.4) is 0 Å². The lowest BCUT2D eigenvalue weighted by molar-refractivity contribution is -0.150. The highest BCUT2D eigenvalue weighted by Gasteiger charge is 2.22. The average molecular weight is 388 g/mol. The van der Waals surface area contributed by atoms with Crippen molar-refractivity contribution in [1.29, 1.82) is 0 Å². The molecule has 0 atom stereocenters. The number of aliphatic hydroxyl groups is 1. The number of benzene rings is 1. The molecule has 1 aromatic rings. The standard InChI is InChI=1S/C16H24N2O7S/c1-11(2)25-15(20)10-24-16(21)13-9-12(26(22,23)18(3)4)5-6-14(13)17-7-8-19/h5-6,9,11,17,19H,7-8,10H2,1-4H3. The van der Waals surface area contributed by atoms with E-state index in [-0.39, 0.29) is 35.4 Å². The molecule has 1 aromatic carbocycles. The van der Waals surface area contributed by atoms with Gasteiger partial charge in [0.15, 0.2) is 6.61 Å². The molecule has 0 saturated carbocycles. The van der Waals surface area contributed by atoms with Crippen LogP contribution in [0, 0.1) is 0 Å². The van der Waals surface area contributed by atoms with Crippen LogP contribution in [0.2, 0.25) is 0 Å². The molecule has 0 heterocycles. The molecule has 146 valence electrons. The number of hydrogen-bond donors (Lipinski definition) is 2. The van der Waals surface area contributed by atoms with Gasteiger partial charge in [0.2, 0.25) is 10.0 Å². The lowest BCUT2D eigenvalue weighted by Gasteiger charge is -2.15. The number of rotatable bonds is 9. The van der Waals surface area contributed by atoms with E-state index in [1.54, 1.807) is 13.8 Å². The molecule has 0 aromatic heterocycles. The van der Waals surface area contributed by atoms with Gasteiger partial charge in [0.25, 0.3) is 0 Å². The van der Waals surface area contributed by atoms with Gasteiger partial charge in [-0.1, -0.05) is 0 Å². The number of carbonyl (C=O) groups is 2. The molecule has 0 saturated heterocycles. The molecule has 0 aliphatic heterocycles. The van der Waals surface area contributed by atoms with Gasteiger partial charge in [0.05, 0.1) is 23.2 Å². The van der Waals surface area contributed by atoms with E-state index >= 15 is 0 Å². The first-order valence-corrected chi connectivity index (χ1v) is 9.31. The maximum absolute atomic E-state index is 12.3. The largest absolute Gasteiger partial charge is 0.460 e. The molecule has 0 spiro atoms. The number of anilines is 1. The van der Waals surface area contributed by atoms with Gasteiger partial charge in [-0.2, -0.15) is 0 Å². The molecular formula is C16H24N2O7S. The molecule has 0 amide bonds. The van der Waals surface area contributed by atoms with E-state index < -0.39 is 28.6 Å². The minimum Gasteiger partial charge on any atom is -0.460 e. The Morgan fingerprint density at radius 1 is 1.27 bits per heavy atom. The summed E-state index contributed by atoms with van der Waals surface area (Å²) in [7, 11) is -1.02. The fourth-order valence-corrected chi connectivity index (χ4v) is 2.84. The van der Waals surface area contributed by atoms with Crippen LogP contribution >= 0.6 is 0 Å². The molecule has 2 N–H and O–H groups in total. The van der Waals surface area contributed by atoms with Crippen LogP contribution in [-0.4, -0.2) is 69.7 Å². The van der Waals surface area contributed by atoms with Crippen LogP contribution in [0.1, 0.15) is 24.2 Å². The van der Waals surface area contributed by atoms with Crippen molar-refractivity contribution in [2.24, 2.45) is 0 Å². The first-order chi connectivity index (χ1) is 12.1. The highest BCUT2D eigenvalue weighted by molar-refractivity contribution is 7.89. The van der Waals surface area contributed by atoms with E-state index in [4.69, 9.17) is 14.6 Å². The Bertz CT molecular complexity index is 745. The van der Waals surface area contributed by atoms with Gasteiger partial charge in [-0.25, -0.2) is 22.3 Å². The van der Waals surface area contributed by atoms with E-state index in [0.29, 0.717) is 0 Å². The molecule has 9 nitrogen and oxygen atoms in total. The summed E-state index contributed by atoms with van der Waals surface area (Å²) in [5.41, 5.74) is 0.206. The first-order valence-electron chi connectivity index (χ1n) is 7.87. The molecule has 26 heavy (non-hydrogen) atoms. The molecular weight excluding hydrogens is 364 g/mol. The Kier molecular flexibility index (Phi) is 8.00. The summed E-state index contributed by atoms with van der Waals surface area (Å²) in [5.74, 6) is -1.60. The molecule has 1 rings (SSSR count). The van der Waals surface area contributed by atoms with Crippen LogP contribution in [0.5, 0.6) is 0 Å². The summed E-state index contributed by atoms with van der Waals surface area (Å²) in [5, 5.41) is 11.7. The number of ether oxygens (including phenoxy) is 2. The van der Waals surface area contributed by atoms with Crippen molar-refractivity contribution in [2.75, 3.05) is 39.2 Å². The predicted octanol–water partition coefficient (Wildman–Crippen LogP) is 0.449. The zero-order valence-corrected chi connectivity index (χ0v) is 16.0. The lowest BCUT2D eigenvalue weighted by Crippen LogP contribution is -2.23. The molecule has 0 aliphatic carbocycles. The van der Waals surface area contributed by atoms with Gasteiger partial charge in [0, 0.05) is 26.3 Å². The third-order valence-corrected chi connectivity index (χ3v) is 4.92. The number of sulfonamides is 1. The molecule has 0 aliphatic rings. The van der Waals surface area contributed by atoms with Crippen molar-refractivity contribution in [3.63, 3.8) is 0 Å². The number of aliphatic hydroxyl groups excluding tert-OH is 1. The van der Waals surface area contributed by atoms with Gasteiger partial charge >= 0.3 is 11.9 Å². The minimum absolute atomic E-state index is 0.0706. The summed E-state index contributed by atoms with van der Waals surface area (Å²) < 4.78 is 35.3. The zero-order chi connectivity index (χ0) is 19.9. The van der Waals surface area contributed by atoms with Crippen molar-refractivity contribution in [2.45, 2.75) is 24.8 Å². The smallest absolute Gasteiger partial charge is 0.344 e. The van der Waals surface area contributed by atoms with Crippen LogP contribution in [0.15, 0.2) is 23.1 Å². The Morgan fingerprint density at radius 3 is 2.46 bits per heavy atom. The average Bonchev–Trinajstić information content (AvgIpc) is 2.56. The van der Waals surface area contributed by atoms with Crippen LogP contribution in [0.25, 0.3) is 0 Å². The third kappa shape index (κ3) is 5.97. The topological polar surface area (TPSA) is 122 Å². The molecule has 0 bridgehead atoms. The molecule has 10 heteroatoms. The van der Waals surface area contributed by atoms with Crippen molar-refractivity contribution in [3.05, 3.63) is 23.8 Å². The van der Waals surface area contributed by atoms with E-state index in [2.05, 4.69) is 5.32 Å². The summed E-state index contributed by atoms with van der Waals surface area (Å²) >= 11 is 0. The SMILES string of the molecule is CC(C)OC(=O)COC(=O)c1cc(S(=O)(=O)N(C)C)ccc1NCCO. The lowest BCUT2D eigenvalue weighted by atomic mass is 10.2. The number of carbonyl (C=O) groups excluding carboxylic acids is 2. The van der Waals surface area contributed by atoms with E-state index in [0.717, 1.165) is 10.4 Å². The van der Waals surface area contributed by atoms with Crippen LogP contribution < -0.4 is 5.32 Å². The second-order valence-corrected chi connectivity index (χ2v) is 7.91. The highest BCUT2D eigenvalue weighted by Crippen LogP contribution is 2.23. The third-order valence-electron chi connectivity index (χ3n) is 3.11. The quantitative estimate of drug-likeness (QED) is 0.585. The fraction of sp³-hybridized carbons (Fsp3) is 0.500. The number of esters is 2. The van der Waals surface area contributed by atoms with Gasteiger partial charge in [-0.15, -0.1) is 0 Å². The van der Waals surface area contributed by atoms with Gasteiger partial charge in [-0.05, 0) is 32.0 Å². The first kappa shape index (κ1) is 21.9. The Balaban J connectivity index is 3.11. The summed E-state index contributed by atoms with van der Waals surface area (Å²) in [6, 6.07) is 3.89. The molecule has 0 radical (unpaired) electrons. The van der Waals surface area contributed by atoms with Gasteiger partial charge < -0.3 is 19.9 Å². The Morgan fingerprint density at radius 2 is 1.92 bits per heavy atom.